The monoisotopic (exact) mass is 430 g/mol. The van der Waals surface area contributed by atoms with Gasteiger partial charge in [0, 0.05) is 19.1 Å². The van der Waals surface area contributed by atoms with Crippen LogP contribution in [0.15, 0.2) is 53.4 Å². The number of anilines is 1. The molecule has 3 rings (SSSR count). The molecule has 0 amide bonds. The van der Waals surface area contributed by atoms with Crippen molar-refractivity contribution in [3.63, 3.8) is 0 Å². The second-order valence-electron chi connectivity index (χ2n) is 6.69. The lowest BCUT2D eigenvalue weighted by atomic mass is 10.1. The summed E-state index contributed by atoms with van der Waals surface area (Å²) in [6.07, 6.45) is 0. The fraction of sp³-hybridized carbons (Fsp3) is 0.238. The number of pyridine rings is 1. The van der Waals surface area contributed by atoms with E-state index in [0.717, 1.165) is 5.56 Å². The molecule has 30 heavy (non-hydrogen) atoms. The number of sulfonamides is 1. The van der Waals surface area contributed by atoms with E-state index in [2.05, 4.69) is 4.72 Å². The molecule has 0 saturated carbocycles. The van der Waals surface area contributed by atoms with Crippen molar-refractivity contribution < 1.29 is 27.4 Å². The molecule has 0 bridgehead atoms. The second kappa shape index (κ2) is 8.58. The standard InChI is InChI=1S/C21H22N2O6S/c1-4-28-20(24)13-29-17-11-16-8-7-15(3)23(25)21(16)19(12-17)22-30(26,27)18-9-5-14(2)6-10-18/h5-12,22H,4,13H2,1-3H3. The predicted octanol–water partition coefficient (Wildman–Crippen LogP) is 2.83. The molecule has 0 aliphatic carbocycles. The lowest BCUT2D eigenvalue weighted by molar-refractivity contribution is -0.583. The Morgan fingerprint density at radius 1 is 1.10 bits per heavy atom. The normalized spacial score (nSPS) is 11.3. The van der Waals surface area contributed by atoms with Gasteiger partial charge in [0.15, 0.2) is 12.3 Å². The summed E-state index contributed by atoms with van der Waals surface area (Å²) in [5.74, 6) is -0.330. The molecule has 0 fully saturated rings. The van der Waals surface area contributed by atoms with E-state index in [1.54, 1.807) is 44.2 Å². The zero-order valence-corrected chi connectivity index (χ0v) is 17.7. The van der Waals surface area contributed by atoms with Crippen LogP contribution >= 0.6 is 0 Å². The average molecular weight is 430 g/mol. The van der Waals surface area contributed by atoms with E-state index in [0.29, 0.717) is 15.8 Å². The molecule has 1 heterocycles. The van der Waals surface area contributed by atoms with Gasteiger partial charge in [-0.25, -0.2) is 13.2 Å². The minimum Gasteiger partial charge on any atom is -0.618 e. The summed E-state index contributed by atoms with van der Waals surface area (Å²) in [7, 11) is -3.96. The highest BCUT2D eigenvalue weighted by Crippen LogP contribution is 2.29. The Labute approximate surface area is 174 Å². The SMILES string of the molecule is CCOC(=O)COc1cc(NS(=O)(=O)c2ccc(C)cc2)c2c(ccc(C)[n+]2[O-])c1. The van der Waals surface area contributed by atoms with Crippen molar-refractivity contribution in [2.24, 2.45) is 0 Å². The fourth-order valence-electron chi connectivity index (χ4n) is 2.86. The second-order valence-corrected chi connectivity index (χ2v) is 8.37. The lowest BCUT2D eigenvalue weighted by Crippen LogP contribution is -2.32. The Bertz CT molecular complexity index is 1190. The molecular weight excluding hydrogens is 408 g/mol. The van der Waals surface area contributed by atoms with E-state index in [1.807, 2.05) is 6.92 Å². The molecule has 3 aromatic rings. The third-order valence-electron chi connectivity index (χ3n) is 4.38. The predicted molar refractivity (Wildman–Crippen MR) is 112 cm³/mol. The number of hydrogen-bond acceptors (Lipinski definition) is 6. The molecule has 2 aromatic carbocycles. The van der Waals surface area contributed by atoms with Gasteiger partial charge in [-0.1, -0.05) is 17.7 Å². The maximum Gasteiger partial charge on any atom is 0.344 e. The van der Waals surface area contributed by atoms with Crippen molar-refractivity contribution in [1.29, 1.82) is 0 Å². The molecule has 0 spiro atoms. The van der Waals surface area contributed by atoms with Crippen molar-refractivity contribution in [2.75, 3.05) is 17.9 Å². The Balaban J connectivity index is 2.05. The lowest BCUT2D eigenvalue weighted by Gasteiger charge is -2.14. The van der Waals surface area contributed by atoms with Crippen LogP contribution in [0.2, 0.25) is 0 Å². The van der Waals surface area contributed by atoms with Crippen LogP contribution in [-0.4, -0.2) is 27.6 Å². The number of fused-ring (bicyclic) bond motifs is 1. The summed E-state index contributed by atoms with van der Waals surface area (Å²) in [5.41, 5.74) is 1.51. The fourth-order valence-corrected chi connectivity index (χ4v) is 3.92. The van der Waals surface area contributed by atoms with Crippen LogP contribution in [0.4, 0.5) is 5.69 Å². The molecule has 0 aliphatic heterocycles. The van der Waals surface area contributed by atoms with Gasteiger partial charge >= 0.3 is 5.97 Å². The summed E-state index contributed by atoms with van der Waals surface area (Å²) in [6, 6.07) is 12.6. The summed E-state index contributed by atoms with van der Waals surface area (Å²) in [6.45, 7) is 5.03. The summed E-state index contributed by atoms with van der Waals surface area (Å²) in [5, 5.41) is 13.1. The Morgan fingerprint density at radius 3 is 2.47 bits per heavy atom. The number of ether oxygens (including phenoxy) is 2. The minimum atomic E-state index is -3.96. The van der Waals surface area contributed by atoms with E-state index in [1.165, 1.54) is 18.2 Å². The van der Waals surface area contributed by atoms with Crippen molar-refractivity contribution in [3.8, 4) is 5.75 Å². The Morgan fingerprint density at radius 2 is 1.80 bits per heavy atom. The summed E-state index contributed by atoms with van der Waals surface area (Å²) < 4.78 is 39.2. The van der Waals surface area contributed by atoms with Crippen molar-refractivity contribution in [1.82, 2.24) is 0 Å². The van der Waals surface area contributed by atoms with Gasteiger partial charge < -0.3 is 14.7 Å². The number of nitrogens with one attached hydrogen (secondary N) is 1. The molecule has 0 aliphatic rings. The number of carbonyl (C=O) groups is 1. The maximum atomic E-state index is 12.9. The number of esters is 1. The van der Waals surface area contributed by atoms with Crippen LogP contribution < -0.4 is 14.2 Å². The first-order chi connectivity index (χ1) is 14.2. The number of hydrogen-bond donors (Lipinski definition) is 1. The van der Waals surface area contributed by atoms with E-state index in [-0.39, 0.29) is 35.1 Å². The van der Waals surface area contributed by atoms with E-state index in [4.69, 9.17) is 9.47 Å². The highest BCUT2D eigenvalue weighted by atomic mass is 32.2. The number of aryl methyl sites for hydroxylation is 2. The third kappa shape index (κ3) is 4.62. The van der Waals surface area contributed by atoms with E-state index >= 15 is 0 Å². The van der Waals surface area contributed by atoms with Gasteiger partial charge in [-0.15, -0.1) is 0 Å². The number of aromatic nitrogens is 1. The van der Waals surface area contributed by atoms with Gasteiger partial charge in [0.05, 0.1) is 16.9 Å². The zero-order chi connectivity index (χ0) is 21.9. The first kappa shape index (κ1) is 21.4. The van der Waals surface area contributed by atoms with Crippen LogP contribution in [0.3, 0.4) is 0 Å². The summed E-state index contributed by atoms with van der Waals surface area (Å²) >= 11 is 0. The van der Waals surface area contributed by atoms with Crippen molar-refractivity contribution in [3.05, 3.63) is 65.0 Å². The largest absolute Gasteiger partial charge is 0.618 e. The van der Waals surface area contributed by atoms with Crippen molar-refractivity contribution >= 4 is 32.6 Å². The van der Waals surface area contributed by atoms with Gasteiger partial charge in [-0.3, -0.25) is 4.72 Å². The maximum absolute atomic E-state index is 12.9. The van der Waals surface area contributed by atoms with Crippen molar-refractivity contribution in [2.45, 2.75) is 25.7 Å². The number of rotatable bonds is 7. The molecule has 1 N–H and O–H groups in total. The van der Waals surface area contributed by atoms with Gasteiger partial charge in [0.1, 0.15) is 11.4 Å². The molecular formula is C21H22N2O6S. The molecule has 8 nitrogen and oxygen atoms in total. The highest BCUT2D eigenvalue weighted by Gasteiger charge is 2.21. The molecule has 158 valence electrons. The van der Waals surface area contributed by atoms with Crippen LogP contribution in [0.5, 0.6) is 5.75 Å². The molecule has 0 saturated heterocycles. The van der Waals surface area contributed by atoms with E-state index < -0.39 is 16.0 Å². The number of nitrogens with zero attached hydrogens (tertiary/aromatic N) is 1. The smallest absolute Gasteiger partial charge is 0.344 e. The quantitative estimate of drug-likeness (QED) is 0.351. The van der Waals surface area contributed by atoms with E-state index in [9.17, 15) is 18.4 Å². The Hall–Kier alpha value is -3.33. The van der Waals surface area contributed by atoms with Gasteiger partial charge in [-0.05, 0) is 38.1 Å². The minimum absolute atomic E-state index is 0.0469. The topological polar surface area (TPSA) is 109 Å². The first-order valence-electron chi connectivity index (χ1n) is 9.26. The third-order valence-corrected chi connectivity index (χ3v) is 5.76. The zero-order valence-electron chi connectivity index (χ0n) is 16.8. The van der Waals surface area contributed by atoms with Crippen LogP contribution in [-0.2, 0) is 19.6 Å². The van der Waals surface area contributed by atoms with Gasteiger partial charge in [0.2, 0.25) is 5.52 Å². The molecule has 1 aromatic heterocycles. The van der Waals surface area contributed by atoms with Gasteiger partial charge in [-0.2, -0.15) is 4.73 Å². The van der Waals surface area contributed by atoms with Crippen LogP contribution in [0.25, 0.3) is 10.9 Å². The number of benzene rings is 2. The van der Waals surface area contributed by atoms with Crippen LogP contribution in [0.1, 0.15) is 18.2 Å². The molecule has 9 heteroatoms. The van der Waals surface area contributed by atoms with Gasteiger partial charge in [0.25, 0.3) is 10.0 Å². The molecule has 0 radical (unpaired) electrons. The highest BCUT2D eigenvalue weighted by molar-refractivity contribution is 7.92. The number of carbonyl (C=O) groups excluding carboxylic acids is 1. The van der Waals surface area contributed by atoms with Crippen LogP contribution in [0, 0.1) is 19.1 Å². The average Bonchev–Trinajstić information content (AvgIpc) is 2.69. The molecule has 0 atom stereocenters. The first-order valence-corrected chi connectivity index (χ1v) is 10.7. The molecule has 0 unspecified atom stereocenters. The summed E-state index contributed by atoms with van der Waals surface area (Å²) in [4.78, 5) is 11.7. The Kier molecular flexibility index (Phi) is 6.12.